The highest BCUT2D eigenvalue weighted by molar-refractivity contribution is 5.35. The number of benzene rings is 1. The van der Waals surface area contributed by atoms with Crippen LogP contribution < -0.4 is 15.8 Å². The normalized spacial score (nSPS) is 14.4. The Hall–Kier alpha value is -1.10. The standard InChI is InChI=1S/C15H26N2O2/c1-11(2)10-19-14-7-5-4-6-12(14)15(18)13(17-3)8-9-16/h4-7,11,13,15,17-18H,8-10,16H2,1-3H3. The van der Waals surface area contributed by atoms with E-state index in [2.05, 4.69) is 19.2 Å². The molecule has 1 aromatic carbocycles. The lowest BCUT2D eigenvalue weighted by atomic mass is 9.99. The fraction of sp³-hybridized carbons (Fsp3) is 0.600. The fourth-order valence-corrected chi connectivity index (χ4v) is 1.97. The number of nitrogens with one attached hydrogen (secondary N) is 1. The van der Waals surface area contributed by atoms with Crippen molar-refractivity contribution in [3.8, 4) is 5.75 Å². The molecule has 4 heteroatoms. The van der Waals surface area contributed by atoms with E-state index in [9.17, 15) is 5.11 Å². The minimum atomic E-state index is -0.614. The smallest absolute Gasteiger partial charge is 0.125 e. The van der Waals surface area contributed by atoms with Gasteiger partial charge < -0.3 is 20.9 Å². The Balaban J connectivity index is 2.85. The number of likely N-dealkylation sites (N-methyl/N-ethyl adjacent to an activating group) is 1. The van der Waals surface area contributed by atoms with Gasteiger partial charge in [-0.05, 0) is 32.0 Å². The molecule has 0 heterocycles. The first-order chi connectivity index (χ1) is 9.10. The maximum absolute atomic E-state index is 10.5. The molecule has 19 heavy (non-hydrogen) atoms. The van der Waals surface area contributed by atoms with Crippen LogP contribution in [0.5, 0.6) is 5.75 Å². The monoisotopic (exact) mass is 266 g/mol. The van der Waals surface area contributed by atoms with Crippen molar-refractivity contribution in [2.24, 2.45) is 11.7 Å². The quantitative estimate of drug-likeness (QED) is 0.670. The minimum Gasteiger partial charge on any atom is -0.493 e. The zero-order valence-corrected chi connectivity index (χ0v) is 12.1. The van der Waals surface area contributed by atoms with E-state index in [1.165, 1.54) is 0 Å². The summed E-state index contributed by atoms with van der Waals surface area (Å²) in [6.45, 7) is 5.39. The van der Waals surface area contributed by atoms with Crippen molar-refractivity contribution in [2.75, 3.05) is 20.2 Å². The largest absolute Gasteiger partial charge is 0.493 e. The fourth-order valence-electron chi connectivity index (χ4n) is 1.97. The van der Waals surface area contributed by atoms with Gasteiger partial charge in [-0.3, -0.25) is 0 Å². The second kappa shape index (κ2) is 8.15. The Morgan fingerprint density at radius 3 is 2.58 bits per heavy atom. The molecule has 1 aromatic rings. The first-order valence-corrected chi connectivity index (χ1v) is 6.87. The van der Waals surface area contributed by atoms with Crippen molar-refractivity contribution in [3.63, 3.8) is 0 Å². The van der Waals surface area contributed by atoms with E-state index in [1.54, 1.807) is 0 Å². The van der Waals surface area contributed by atoms with Crippen molar-refractivity contribution < 1.29 is 9.84 Å². The van der Waals surface area contributed by atoms with Gasteiger partial charge in [-0.1, -0.05) is 32.0 Å². The summed E-state index contributed by atoms with van der Waals surface area (Å²) >= 11 is 0. The second-order valence-corrected chi connectivity index (χ2v) is 5.16. The van der Waals surface area contributed by atoms with E-state index in [0.717, 1.165) is 17.7 Å². The molecule has 4 N–H and O–H groups in total. The van der Waals surface area contributed by atoms with Crippen molar-refractivity contribution in [1.82, 2.24) is 5.32 Å². The van der Waals surface area contributed by atoms with Crippen LogP contribution in [-0.4, -0.2) is 31.3 Å². The van der Waals surface area contributed by atoms with Gasteiger partial charge in [0.15, 0.2) is 0 Å². The molecule has 0 spiro atoms. The van der Waals surface area contributed by atoms with Crippen LogP contribution >= 0.6 is 0 Å². The molecule has 0 aliphatic carbocycles. The molecule has 0 saturated carbocycles. The van der Waals surface area contributed by atoms with E-state index < -0.39 is 6.10 Å². The Bertz CT molecular complexity index is 369. The molecule has 0 aromatic heterocycles. The van der Waals surface area contributed by atoms with Crippen molar-refractivity contribution >= 4 is 0 Å². The first kappa shape index (κ1) is 16.0. The van der Waals surface area contributed by atoms with Crippen LogP contribution in [0.15, 0.2) is 24.3 Å². The summed E-state index contributed by atoms with van der Waals surface area (Å²) < 4.78 is 5.77. The Morgan fingerprint density at radius 2 is 2.00 bits per heavy atom. The summed E-state index contributed by atoms with van der Waals surface area (Å²) in [4.78, 5) is 0. The van der Waals surface area contributed by atoms with Gasteiger partial charge in [0, 0.05) is 11.6 Å². The predicted octanol–water partition coefficient (Wildman–Crippen LogP) is 1.69. The van der Waals surface area contributed by atoms with Crippen LogP contribution in [0.4, 0.5) is 0 Å². The number of hydrogen-bond donors (Lipinski definition) is 3. The third kappa shape index (κ3) is 4.82. The van der Waals surface area contributed by atoms with Crippen LogP contribution in [0.2, 0.25) is 0 Å². The average molecular weight is 266 g/mol. The maximum Gasteiger partial charge on any atom is 0.125 e. The minimum absolute atomic E-state index is 0.0613. The number of para-hydroxylation sites is 1. The summed E-state index contributed by atoms with van der Waals surface area (Å²) in [5.41, 5.74) is 6.39. The lowest BCUT2D eigenvalue weighted by Crippen LogP contribution is -2.34. The van der Waals surface area contributed by atoms with Crippen LogP contribution in [0.25, 0.3) is 0 Å². The van der Waals surface area contributed by atoms with Gasteiger partial charge >= 0.3 is 0 Å². The highest BCUT2D eigenvalue weighted by atomic mass is 16.5. The number of aliphatic hydroxyl groups excluding tert-OH is 1. The van der Waals surface area contributed by atoms with Gasteiger partial charge in [-0.25, -0.2) is 0 Å². The lowest BCUT2D eigenvalue weighted by Gasteiger charge is -2.24. The Labute approximate surface area is 116 Å². The number of ether oxygens (including phenoxy) is 1. The molecule has 2 unspecified atom stereocenters. The summed E-state index contributed by atoms with van der Waals surface area (Å²) in [5, 5.41) is 13.6. The number of rotatable bonds is 8. The zero-order valence-electron chi connectivity index (χ0n) is 12.1. The van der Waals surface area contributed by atoms with Gasteiger partial charge in [-0.15, -0.1) is 0 Å². The van der Waals surface area contributed by atoms with Crippen LogP contribution in [0, 0.1) is 5.92 Å². The Kier molecular flexibility index (Phi) is 6.84. The Morgan fingerprint density at radius 1 is 1.32 bits per heavy atom. The van der Waals surface area contributed by atoms with Crippen LogP contribution in [0.1, 0.15) is 31.9 Å². The molecule has 108 valence electrons. The van der Waals surface area contributed by atoms with E-state index in [4.69, 9.17) is 10.5 Å². The van der Waals surface area contributed by atoms with E-state index in [1.807, 2.05) is 31.3 Å². The molecule has 0 bridgehead atoms. The molecule has 0 saturated heterocycles. The highest BCUT2D eigenvalue weighted by Gasteiger charge is 2.21. The topological polar surface area (TPSA) is 67.5 Å². The van der Waals surface area contributed by atoms with E-state index in [-0.39, 0.29) is 6.04 Å². The van der Waals surface area contributed by atoms with Gasteiger partial charge in [0.25, 0.3) is 0 Å². The molecular weight excluding hydrogens is 240 g/mol. The summed E-state index contributed by atoms with van der Waals surface area (Å²) in [5.74, 6) is 1.20. The van der Waals surface area contributed by atoms with Gasteiger partial charge in [-0.2, -0.15) is 0 Å². The molecule has 0 aliphatic heterocycles. The molecule has 1 rings (SSSR count). The van der Waals surface area contributed by atoms with Crippen LogP contribution in [0.3, 0.4) is 0 Å². The molecule has 0 amide bonds. The van der Waals surface area contributed by atoms with Gasteiger partial charge in [0.2, 0.25) is 0 Å². The highest BCUT2D eigenvalue weighted by Crippen LogP contribution is 2.28. The van der Waals surface area contributed by atoms with Crippen molar-refractivity contribution in [1.29, 1.82) is 0 Å². The lowest BCUT2D eigenvalue weighted by molar-refractivity contribution is 0.123. The maximum atomic E-state index is 10.5. The van der Waals surface area contributed by atoms with Crippen LogP contribution in [-0.2, 0) is 0 Å². The SMILES string of the molecule is CNC(CCN)C(O)c1ccccc1OCC(C)C. The number of nitrogens with two attached hydrogens (primary N) is 1. The molecular formula is C15H26N2O2. The number of aliphatic hydroxyl groups is 1. The molecule has 2 atom stereocenters. The first-order valence-electron chi connectivity index (χ1n) is 6.87. The van der Waals surface area contributed by atoms with E-state index >= 15 is 0 Å². The predicted molar refractivity (Wildman–Crippen MR) is 78.3 cm³/mol. The average Bonchev–Trinajstić information content (AvgIpc) is 2.42. The zero-order chi connectivity index (χ0) is 14.3. The molecule has 0 fully saturated rings. The third-order valence-corrected chi connectivity index (χ3v) is 3.04. The molecule has 0 aliphatic rings. The summed E-state index contributed by atoms with van der Waals surface area (Å²) in [6.07, 6.45) is 0.104. The molecule has 0 radical (unpaired) electrons. The van der Waals surface area contributed by atoms with Gasteiger partial charge in [0.1, 0.15) is 5.75 Å². The second-order valence-electron chi connectivity index (χ2n) is 5.16. The number of hydrogen-bond acceptors (Lipinski definition) is 4. The third-order valence-electron chi connectivity index (χ3n) is 3.04. The van der Waals surface area contributed by atoms with Crippen molar-refractivity contribution in [2.45, 2.75) is 32.4 Å². The summed E-state index contributed by atoms with van der Waals surface area (Å²) in [7, 11) is 1.83. The summed E-state index contributed by atoms with van der Waals surface area (Å²) in [6, 6.07) is 7.57. The van der Waals surface area contributed by atoms with Crippen molar-refractivity contribution in [3.05, 3.63) is 29.8 Å². The van der Waals surface area contributed by atoms with E-state index in [0.29, 0.717) is 19.1 Å². The van der Waals surface area contributed by atoms with Gasteiger partial charge in [0.05, 0.1) is 12.7 Å². The molecule has 4 nitrogen and oxygen atoms in total.